The van der Waals surface area contributed by atoms with Crippen molar-refractivity contribution < 1.29 is 19.0 Å². The van der Waals surface area contributed by atoms with Crippen LogP contribution in [0, 0.1) is 0 Å². The molecule has 1 aromatic heterocycles. The predicted octanol–water partition coefficient (Wildman–Crippen LogP) is 3.62. The number of nitrogens with one attached hydrogen (secondary N) is 1. The van der Waals surface area contributed by atoms with Crippen LogP contribution < -0.4 is 19.5 Å². The summed E-state index contributed by atoms with van der Waals surface area (Å²) < 4.78 is 15.9. The molecule has 0 fully saturated rings. The second-order valence-corrected chi connectivity index (χ2v) is 6.37. The molecule has 29 heavy (non-hydrogen) atoms. The fourth-order valence-corrected chi connectivity index (χ4v) is 2.76. The lowest BCUT2D eigenvalue weighted by molar-refractivity contribution is 0.0943. The molecular formula is C21H20ClN3O4. The third-order valence-electron chi connectivity index (χ3n) is 4.07. The van der Waals surface area contributed by atoms with Crippen molar-refractivity contribution >= 4 is 17.5 Å². The van der Waals surface area contributed by atoms with Gasteiger partial charge in [-0.25, -0.2) is 0 Å². The minimum absolute atomic E-state index is 0.241. The Hall–Kier alpha value is -3.32. The summed E-state index contributed by atoms with van der Waals surface area (Å²) in [5, 5.41) is 11.4. The van der Waals surface area contributed by atoms with Crippen molar-refractivity contribution in [3.63, 3.8) is 0 Å². The van der Waals surface area contributed by atoms with Crippen LogP contribution in [0.5, 0.6) is 17.4 Å². The van der Waals surface area contributed by atoms with E-state index in [1.807, 2.05) is 30.3 Å². The number of ether oxygens (including phenoxy) is 3. The number of benzene rings is 2. The molecule has 0 saturated heterocycles. The van der Waals surface area contributed by atoms with E-state index in [0.29, 0.717) is 22.2 Å². The van der Waals surface area contributed by atoms with Crippen molar-refractivity contribution in [3.05, 3.63) is 65.2 Å². The number of nitrogens with zero attached hydrogens (tertiary/aromatic N) is 2. The number of hydrogen-bond acceptors (Lipinski definition) is 6. The molecular weight excluding hydrogens is 394 g/mol. The van der Waals surface area contributed by atoms with E-state index in [0.717, 1.165) is 17.0 Å². The molecule has 0 spiro atoms. The topological polar surface area (TPSA) is 82.6 Å². The Morgan fingerprint density at radius 2 is 1.79 bits per heavy atom. The van der Waals surface area contributed by atoms with E-state index in [1.165, 1.54) is 7.11 Å². The maximum absolute atomic E-state index is 12.3. The first kappa shape index (κ1) is 20.4. The number of carbonyl (C=O) groups is 1. The fourth-order valence-electron chi connectivity index (χ4n) is 2.59. The Bertz CT molecular complexity index is 963. The van der Waals surface area contributed by atoms with Crippen molar-refractivity contribution in [2.24, 2.45) is 0 Å². The molecule has 0 unspecified atom stereocenters. The van der Waals surface area contributed by atoms with E-state index < -0.39 is 0 Å². The molecule has 0 bridgehead atoms. The highest BCUT2D eigenvalue weighted by Crippen LogP contribution is 2.23. The van der Waals surface area contributed by atoms with Crippen LogP contribution in [0.3, 0.4) is 0 Å². The summed E-state index contributed by atoms with van der Waals surface area (Å²) in [4.78, 5) is 12.3. The van der Waals surface area contributed by atoms with Crippen molar-refractivity contribution in [1.29, 1.82) is 0 Å². The summed E-state index contributed by atoms with van der Waals surface area (Å²) in [5.74, 6) is 1.30. The molecule has 0 aliphatic rings. The van der Waals surface area contributed by atoms with Gasteiger partial charge in [0.15, 0.2) is 0 Å². The molecule has 0 aliphatic carbocycles. The predicted molar refractivity (Wildman–Crippen MR) is 110 cm³/mol. The normalized spacial score (nSPS) is 10.3. The van der Waals surface area contributed by atoms with Crippen molar-refractivity contribution in [2.45, 2.75) is 0 Å². The molecule has 150 valence electrons. The van der Waals surface area contributed by atoms with E-state index in [4.69, 9.17) is 25.8 Å². The van der Waals surface area contributed by atoms with E-state index in [9.17, 15) is 4.79 Å². The summed E-state index contributed by atoms with van der Waals surface area (Å²) in [6.07, 6.45) is 0. The van der Waals surface area contributed by atoms with Crippen LogP contribution in [0.1, 0.15) is 10.4 Å². The van der Waals surface area contributed by atoms with Gasteiger partial charge in [-0.3, -0.25) is 4.79 Å². The molecule has 0 saturated carbocycles. The maximum Gasteiger partial charge on any atom is 0.255 e. The summed E-state index contributed by atoms with van der Waals surface area (Å²) in [7, 11) is 3.12. The molecule has 1 amide bonds. The molecule has 1 N–H and O–H groups in total. The number of amides is 1. The zero-order valence-corrected chi connectivity index (χ0v) is 16.8. The summed E-state index contributed by atoms with van der Waals surface area (Å²) in [6.45, 7) is 0.529. The van der Waals surface area contributed by atoms with Crippen LogP contribution in [-0.2, 0) is 0 Å². The van der Waals surface area contributed by atoms with Crippen LogP contribution in [0.2, 0.25) is 5.02 Å². The largest absolute Gasteiger partial charge is 0.497 e. The van der Waals surface area contributed by atoms with Gasteiger partial charge in [0, 0.05) is 16.7 Å². The fraction of sp³-hybridized carbons (Fsp3) is 0.190. The zero-order chi connectivity index (χ0) is 20.6. The van der Waals surface area contributed by atoms with E-state index in [2.05, 4.69) is 15.5 Å². The molecule has 8 heteroatoms. The molecule has 7 nitrogen and oxygen atoms in total. The van der Waals surface area contributed by atoms with Gasteiger partial charge in [0.1, 0.15) is 18.1 Å². The first-order valence-corrected chi connectivity index (χ1v) is 9.21. The van der Waals surface area contributed by atoms with Gasteiger partial charge in [0.2, 0.25) is 5.88 Å². The van der Waals surface area contributed by atoms with Crippen molar-refractivity contribution in [1.82, 2.24) is 15.5 Å². The van der Waals surface area contributed by atoms with Gasteiger partial charge in [-0.15, -0.1) is 10.2 Å². The van der Waals surface area contributed by atoms with Gasteiger partial charge in [-0.05, 0) is 48.5 Å². The van der Waals surface area contributed by atoms with Crippen LogP contribution in [0.25, 0.3) is 11.3 Å². The number of carbonyl (C=O) groups excluding carboxylic acids is 1. The average Bonchev–Trinajstić information content (AvgIpc) is 2.77. The quantitative estimate of drug-likeness (QED) is 0.568. The third-order valence-corrected chi connectivity index (χ3v) is 4.30. The van der Waals surface area contributed by atoms with Crippen molar-refractivity contribution in [2.75, 3.05) is 27.4 Å². The molecule has 0 atom stereocenters. The lowest BCUT2D eigenvalue weighted by atomic mass is 10.1. The monoisotopic (exact) mass is 413 g/mol. The van der Waals surface area contributed by atoms with Gasteiger partial charge >= 0.3 is 0 Å². The lowest BCUT2D eigenvalue weighted by Crippen LogP contribution is -2.28. The highest BCUT2D eigenvalue weighted by atomic mass is 35.5. The highest BCUT2D eigenvalue weighted by Gasteiger charge is 2.12. The molecule has 1 heterocycles. The van der Waals surface area contributed by atoms with E-state index >= 15 is 0 Å². The minimum atomic E-state index is -0.297. The SMILES string of the molecule is COc1ccc(-c2ccc(OCCNC(=O)c3cc(Cl)ccc3OC)nn2)cc1. The summed E-state index contributed by atoms with van der Waals surface area (Å²) in [6, 6.07) is 15.9. The molecule has 3 aromatic rings. The van der Waals surface area contributed by atoms with Crippen molar-refractivity contribution in [3.8, 4) is 28.6 Å². The Kier molecular flexibility index (Phi) is 6.86. The number of hydrogen-bond donors (Lipinski definition) is 1. The summed E-state index contributed by atoms with van der Waals surface area (Å²) >= 11 is 5.95. The lowest BCUT2D eigenvalue weighted by Gasteiger charge is -2.10. The second kappa shape index (κ2) is 9.75. The average molecular weight is 414 g/mol. The van der Waals surface area contributed by atoms with Crippen LogP contribution in [-0.4, -0.2) is 43.5 Å². The van der Waals surface area contributed by atoms with E-state index in [1.54, 1.807) is 31.4 Å². The number of methoxy groups -OCH3 is 2. The zero-order valence-electron chi connectivity index (χ0n) is 16.0. The number of aromatic nitrogens is 2. The standard InChI is InChI=1S/C21H20ClN3O4/c1-27-16-6-3-14(4-7-16)18-8-10-20(25-24-18)29-12-11-23-21(26)17-13-15(22)5-9-19(17)28-2/h3-10,13H,11-12H2,1-2H3,(H,23,26). The van der Waals surface area contributed by atoms with E-state index in [-0.39, 0.29) is 19.1 Å². The molecule has 2 aromatic carbocycles. The number of halogens is 1. The Morgan fingerprint density at radius 1 is 1.00 bits per heavy atom. The van der Waals surface area contributed by atoms with Gasteiger partial charge in [-0.1, -0.05) is 11.6 Å². The molecule has 0 aliphatic heterocycles. The molecule has 3 rings (SSSR count). The van der Waals surface area contributed by atoms with Crippen LogP contribution in [0.4, 0.5) is 0 Å². The Balaban J connectivity index is 1.50. The Labute approximate surface area is 173 Å². The van der Waals surface area contributed by atoms with Gasteiger partial charge in [-0.2, -0.15) is 0 Å². The van der Waals surface area contributed by atoms with Crippen LogP contribution in [0.15, 0.2) is 54.6 Å². The smallest absolute Gasteiger partial charge is 0.255 e. The van der Waals surface area contributed by atoms with Gasteiger partial charge in [0.25, 0.3) is 5.91 Å². The highest BCUT2D eigenvalue weighted by molar-refractivity contribution is 6.31. The second-order valence-electron chi connectivity index (χ2n) is 5.93. The van der Waals surface area contributed by atoms with Gasteiger partial charge < -0.3 is 19.5 Å². The first-order valence-electron chi connectivity index (χ1n) is 8.83. The van der Waals surface area contributed by atoms with Crippen LogP contribution >= 0.6 is 11.6 Å². The Morgan fingerprint density at radius 3 is 2.45 bits per heavy atom. The van der Waals surface area contributed by atoms with Gasteiger partial charge in [0.05, 0.1) is 32.0 Å². The minimum Gasteiger partial charge on any atom is -0.497 e. The first-order chi connectivity index (χ1) is 14.1. The third kappa shape index (κ3) is 5.36. The number of rotatable bonds is 8. The summed E-state index contributed by atoms with van der Waals surface area (Å²) in [5.41, 5.74) is 2.01. The molecule has 0 radical (unpaired) electrons. The maximum atomic E-state index is 12.3.